The average molecular weight is 546 g/mol. The van der Waals surface area contributed by atoms with Gasteiger partial charge in [0.05, 0.1) is 0 Å². The van der Waals surface area contributed by atoms with Crippen LogP contribution >= 0.6 is 0 Å². The van der Waals surface area contributed by atoms with Gasteiger partial charge < -0.3 is 9.47 Å². The Labute approximate surface area is 219 Å². The molecule has 0 atom stereocenters. The van der Waals surface area contributed by atoms with Crippen molar-refractivity contribution in [3.05, 3.63) is 108 Å². The van der Waals surface area contributed by atoms with Crippen molar-refractivity contribution >= 4 is 0 Å². The quantitative estimate of drug-likeness (QED) is 0.215. The van der Waals surface area contributed by atoms with E-state index in [0.29, 0.717) is 11.5 Å². The lowest BCUT2D eigenvalue weighted by Gasteiger charge is -2.25. The number of ether oxygens (including phenoxy) is 2. The second-order valence-corrected chi connectivity index (χ2v) is 9.28. The van der Waals surface area contributed by atoms with E-state index in [-0.39, 0.29) is 5.56 Å². The number of benzene rings is 4. The second kappa shape index (κ2) is 10.3. The van der Waals surface area contributed by atoms with Crippen molar-refractivity contribution in [2.45, 2.75) is 37.7 Å². The predicted molar refractivity (Wildman–Crippen MR) is 131 cm³/mol. The summed E-state index contributed by atoms with van der Waals surface area (Å²) in [6.45, 7) is 0. The first-order valence-electron chi connectivity index (χ1n) is 12.1. The van der Waals surface area contributed by atoms with Crippen LogP contribution in [0.25, 0.3) is 22.3 Å². The summed E-state index contributed by atoms with van der Waals surface area (Å²) < 4.78 is 104. The van der Waals surface area contributed by atoms with Crippen LogP contribution in [0.1, 0.15) is 36.3 Å². The number of halogens is 7. The predicted octanol–water partition coefficient (Wildman–Crippen LogP) is 9.59. The van der Waals surface area contributed by atoms with Crippen molar-refractivity contribution in [1.29, 1.82) is 0 Å². The van der Waals surface area contributed by atoms with Gasteiger partial charge in [0.15, 0.2) is 0 Å². The highest BCUT2D eigenvalue weighted by Gasteiger charge is 2.41. The lowest BCUT2D eigenvalue weighted by molar-refractivity contribution is -0.274. The molecule has 39 heavy (non-hydrogen) atoms. The molecule has 4 aromatic rings. The fourth-order valence-corrected chi connectivity index (χ4v) is 4.47. The van der Waals surface area contributed by atoms with Gasteiger partial charge in [-0.3, -0.25) is 0 Å². The summed E-state index contributed by atoms with van der Waals surface area (Å²) in [6, 6.07) is 19.6. The molecule has 1 aliphatic rings. The lowest BCUT2D eigenvalue weighted by atomic mass is 9.80. The highest BCUT2D eigenvalue weighted by atomic mass is 19.4. The summed E-state index contributed by atoms with van der Waals surface area (Å²) >= 11 is 0. The Morgan fingerprint density at radius 1 is 0.564 bits per heavy atom. The zero-order valence-electron chi connectivity index (χ0n) is 20.2. The van der Waals surface area contributed by atoms with Gasteiger partial charge in [-0.15, -0.1) is 13.2 Å². The van der Waals surface area contributed by atoms with Gasteiger partial charge in [0.2, 0.25) is 0 Å². The van der Waals surface area contributed by atoms with E-state index in [0.717, 1.165) is 47.5 Å². The van der Waals surface area contributed by atoms with E-state index in [1.54, 1.807) is 24.3 Å². The monoisotopic (exact) mass is 546 g/mol. The van der Waals surface area contributed by atoms with Gasteiger partial charge in [-0.25, -0.2) is 8.78 Å². The highest BCUT2D eigenvalue weighted by molar-refractivity contribution is 5.71. The van der Waals surface area contributed by atoms with Crippen molar-refractivity contribution < 1.29 is 40.2 Å². The van der Waals surface area contributed by atoms with Crippen LogP contribution in [-0.4, -0.2) is 6.36 Å². The minimum Gasteiger partial charge on any atom is -0.429 e. The zero-order chi connectivity index (χ0) is 27.8. The molecule has 202 valence electrons. The van der Waals surface area contributed by atoms with Gasteiger partial charge in [-0.1, -0.05) is 55.0 Å². The van der Waals surface area contributed by atoms with Crippen molar-refractivity contribution in [2.75, 3.05) is 0 Å². The third-order valence-electron chi connectivity index (χ3n) is 6.68. The minimum absolute atomic E-state index is 0.0464. The molecule has 1 saturated carbocycles. The van der Waals surface area contributed by atoms with Crippen LogP contribution in [0.15, 0.2) is 84.9 Å². The van der Waals surface area contributed by atoms with E-state index in [1.807, 2.05) is 12.1 Å². The molecule has 0 heterocycles. The second-order valence-electron chi connectivity index (χ2n) is 9.28. The Hall–Kier alpha value is -4.01. The molecule has 0 radical (unpaired) electrons. The Bertz CT molecular complexity index is 1420. The first-order chi connectivity index (χ1) is 18.5. The first-order valence-corrected chi connectivity index (χ1v) is 12.1. The molecule has 0 aliphatic heterocycles. The standard InChI is InChI=1S/C30H21F7O2/c31-26-16-23(22-10-8-21(9-11-22)20-6-4-19(5-7-20)18-2-1-3-18)17-27(32)28(26)29(33,34)38-24-12-14-25(15-13-24)39-30(35,36)37/h4-18H,1-3H2. The molecule has 0 N–H and O–H groups in total. The summed E-state index contributed by atoms with van der Waals surface area (Å²) in [5.41, 5.74) is 2.02. The van der Waals surface area contributed by atoms with Crippen LogP contribution in [0.4, 0.5) is 30.7 Å². The van der Waals surface area contributed by atoms with Crippen LogP contribution < -0.4 is 9.47 Å². The number of alkyl halides is 5. The van der Waals surface area contributed by atoms with E-state index in [4.69, 9.17) is 0 Å². The van der Waals surface area contributed by atoms with Crippen molar-refractivity contribution in [3.63, 3.8) is 0 Å². The average Bonchev–Trinajstić information content (AvgIpc) is 2.83. The fraction of sp³-hybridized carbons (Fsp3) is 0.200. The molecular weight excluding hydrogens is 525 g/mol. The SMILES string of the molecule is Fc1cc(-c2ccc(-c3ccc(C4CCC4)cc3)cc2)cc(F)c1C(F)(F)Oc1ccc(OC(F)(F)F)cc1. The van der Waals surface area contributed by atoms with Crippen LogP contribution in [0, 0.1) is 11.6 Å². The Kier molecular flexibility index (Phi) is 7.01. The van der Waals surface area contributed by atoms with Gasteiger partial charge in [-0.2, -0.15) is 8.78 Å². The van der Waals surface area contributed by atoms with E-state index in [1.165, 1.54) is 24.8 Å². The van der Waals surface area contributed by atoms with Gasteiger partial charge in [0.25, 0.3) is 0 Å². The molecular formula is C30H21F7O2. The van der Waals surface area contributed by atoms with E-state index < -0.39 is 41.2 Å². The summed E-state index contributed by atoms with van der Waals surface area (Å²) in [4.78, 5) is 0. The Morgan fingerprint density at radius 3 is 1.44 bits per heavy atom. The lowest BCUT2D eigenvalue weighted by Crippen LogP contribution is -2.25. The molecule has 1 aliphatic carbocycles. The minimum atomic E-state index is -4.97. The van der Waals surface area contributed by atoms with Gasteiger partial charge in [0, 0.05) is 0 Å². The summed E-state index contributed by atoms with van der Waals surface area (Å²) in [7, 11) is 0. The molecule has 4 aromatic carbocycles. The Morgan fingerprint density at radius 2 is 1.00 bits per heavy atom. The largest absolute Gasteiger partial charge is 0.573 e. The van der Waals surface area contributed by atoms with Gasteiger partial charge >= 0.3 is 12.5 Å². The highest BCUT2D eigenvalue weighted by Crippen LogP contribution is 2.39. The molecule has 0 saturated heterocycles. The number of hydrogen-bond donors (Lipinski definition) is 0. The summed E-state index contributed by atoms with van der Waals surface area (Å²) in [5, 5.41) is 0. The first kappa shape index (κ1) is 26.6. The van der Waals surface area contributed by atoms with Crippen molar-refractivity contribution in [2.24, 2.45) is 0 Å². The van der Waals surface area contributed by atoms with E-state index in [9.17, 15) is 30.7 Å². The molecule has 5 rings (SSSR count). The maximum absolute atomic E-state index is 14.8. The molecule has 9 heteroatoms. The van der Waals surface area contributed by atoms with Crippen LogP contribution in [0.5, 0.6) is 11.5 Å². The smallest absolute Gasteiger partial charge is 0.429 e. The van der Waals surface area contributed by atoms with Crippen molar-refractivity contribution in [3.8, 4) is 33.8 Å². The van der Waals surface area contributed by atoms with Crippen molar-refractivity contribution in [1.82, 2.24) is 0 Å². The maximum atomic E-state index is 14.8. The number of hydrogen-bond acceptors (Lipinski definition) is 2. The molecule has 2 nitrogen and oxygen atoms in total. The van der Waals surface area contributed by atoms with E-state index >= 15 is 0 Å². The topological polar surface area (TPSA) is 18.5 Å². The Balaban J connectivity index is 1.32. The fourth-order valence-electron chi connectivity index (χ4n) is 4.47. The maximum Gasteiger partial charge on any atom is 0.573 e. The molecule has 0 aromatic heterocycles. The normalized spacial score (nSPS) is 14.1. The number of rotatable bonds is 7. The van der Waals surface area contributed by atoms with Crippen LogP contribution in [-0.2, 0) is 6.11 Å². The third-order valence-corrected chi connectivity index (χ3v) is 6.68. The van der Waals surface area contributed by atoms with Gasteiger partial charge in [0.1, 0.15) is 28.7 Å². The molecule has 1 fully saturated rings. The van der Waals surface area contributed by atoms with Crippen LogP contribution in [0.3, 0.4) is 0 Å². The third kappa shape index (κ3) is 6.02. The zero-order valence-corrected chi connectivity index (χ0v) is 20.2. The molecule has 0 spiro atoms. The van der Waals surface area contributed by atoms with E-state index in [2.05, 4.69) is 21.6 Å². The molecule has 0 unspecified atom stereocenters. The molecule has 0 bridgehead atoms. The van der Waals surface area contributed by atoms with Crippen LogP contribution in [0.2, 0.25) is 0 Å². The summed E-state index contributed by atoms with van der Waals surface area (Å²) in [5.74, 6) is -3.75. The van der Waals surface area contributed by atoms with Gasteiger partial charge in [-0.05, 0) is 83.0 Å². The summed E-state index contributed by atoms with van der Waals surface area (Å²) in [6.07, 6.45) is -5.77. The molecule has 0 amide bonds.